The molecule has 14 heavy (non-hydrogen) atoms. The predicted molar refractivity (Wildman–Crippen MR) is 54.0 cm³/mol. The fourth-order valence-electron chi connectivity index (χ4n) is 2.37. The summed E-state index contributed by atoms with van der Waals surface area (Å²) in [6.45, 7) is 4.84. The van der Waals surface area contributed by atoms with Crippen molar-refractivity contribution < 1.29 is 9.53 Å². The van der Waals surface area contributed by atoms with Crippen LogP contribution >= 0.6 is 0 Å². The van der Waals surface area contributed by atoms with Crippen molar-refractivity contribution in [1.29, 1.82) is 0 Å². The van der Waals surface area contributed by atoms with Gasteiger partial charge in [0.1, 0.15) is 6.10 Å². The maximum Gasteiger partial charge on any atom is 0.251 e. The minimum Gasteiger partial charge on any atom is -0.368 e. The van der Waals surface area contributed by atoms with Crippen LogP contribution in [0, 0.1) is 5.92 Å². The topological polar surface area (TPSA) is 29.5 Å². The number of carbonyl (C=O) groups is 1. The van der Waals surface area contributed by atoms with E-state index in [0.717, 1.165) is 39.0 Å². The first kappa shape index (κ1) is 9.97. The molecular weight excluding hydrogens is 178 g/mol. The van der Waals surface area contributed by atoms with Crippen molar-refractivity contribution in [2.24, 2.45) is 5.92 Å². The molecule has 2 unspecified atom stereocenters. The van der Waals surface area contributed by atoms with Gasteiger partial charge in [-0.05, 0) is 31.6 Å². The Hall–Kier alpha value is -0.570. The molecule has 0 aliphatic carbocycles. The van der Waals surface area contributed by atoms with Crippen LogP contribution < -0.4 is 0 Å². The molecule has 2 saturated heterocycles. The van der Waals surface area contributed by atoms with E-state index in [1.54, 1.807) is 0 Å². The Morgan fingerprint density at radius 1 is 1.36 bits per heavy atom. The zero-order valence-electron chi connectivity index (χ0n) is 8.87. The summed E-state index contributed by atoms with van der Waals surface area (Å²) in [6, 6.07) is 0. The van der Waals surface area contributed by atoms with Gasteiger partial charge in [0.25, 0.3) is 5.91 Å². The highest BCUT2D eigenvalue weighted by molar-refractivity contribution is 5.81. The number of amides is 1. The van der Waals surface area contributed by atoms with Crippen LogP contribution in [0.3, 0.4) is 0 Å². The number of piperidine rings is 1. The highest BCUT2D eigenvalue weighted by Crippen LogP contribution is 2.20. The fourth-order valence-corrected chi connectivity index (χ4v) is 2.37. The standard InChI is InChI=1S/C11H19NO2/c1-9-4-2-6-12(8-9)11(13)10-5-3-7-14-10/h9-10H,2-8H2,1H3. The summed E-state index contributed by atoms with van der Waals surface area (Å²) in [6.07, 6.45) is 4.25. The van der Waals surface area contributed by atoms with Gasteiger partial charge < -0.3 is 9.64 Å². The molecule has 1 amide bonds. The van der Waals surface area contributed by atoms with Gasteiger partial charge in [0.15, 0.2) is 0 Å². The molecule has 0 aromatic carbocycles. The minimum absolute atomic E-state index is 0.125. The predicted octanol–water partition coefficient (Wildman–Crippen LogP) is 1.42. The first-order valence-corrected chi connectivity index (χ1v) is 5.68. The van der Waals surface area contributed by atoms with Gasteiger partial charge in [-0.3, -0.25) is 4.79 Å². The van der Waals surface area contributed by atoms with Crippen LogP contribution in [0.4, 0.5) is 0 Å². The van der Waals surface area contributed by atoms with E-state index in [9.17, 15) is 4.79 Å². The lowest BCUT2D eigenvalue weighted by Gasteiger charge is -2.32. The highest BCUT2D eigenvalue weighted by atomic mass is 16.5. The summed E-state index contributed by atoms with van der Waals surface area (Å²) < 4.78 is 5.41. The van der Waals surface area contributed by atoms with E-state index in [-0.39, 0.29) is 12.0 Å². The molecule has 3 heteroatoms. The van der Waals surface area contributed by atoms with Crippen LogP contribution in [-0.2, 0) is 9.53 Å². The molecule has 2 aliphatic rings. The average Bonchev–Trinajstić information content (AvgIpc) is 2.69. The highest BCUT2D eigenvalue weighted by Gasteiger charge is 2.30. The quantitative estimate of drug-likeness (QED) is 0.636. The maximum absolute atomic E-state index is 11.9. The van der Waals surface area contributed by atoms with Gasteiger partial charge in [0.05, 0.1) is 0 Å². The maximum atomic E-state index is 11.9. The van der Waals surface area contributed by atoms with Crippen LogP contribution in [0.25, 0.3) is 0 Å². The summed E-state index contributed by atoms with van der Waals surface area (Å²) in [5.74, 6) is 0.892. The van der Waals surface area contributed by atoms with Gasteiger partial charge in [0.2, 0.25) is 0 Å². The number of hydrogen-bond acceptors (Lipinski definition) is 2. The monoisotopic (exact) mass is 197 g/mol. The smallest absolute Gasteiger partial charge is 0.251 e. The lowest BCUT2D eigenvalue weighted by Crippen LogP contribution is -2.44. The molecule has 2 fully saturated rings. The Morgan fingerprint density at radius 2 is 2.21 bits per heavy atom. The second-order valence-electron chi connectivity index (χ2n) is 4.53. The second-order valence-corrected chi connectivity index (χ2v) is 4.53. The SMILES string of the molecule is CC1CCCN(C(=O)C2CCCO2)C1. The van der Waals surface area contributed by atoms with E-state index in [1.165, 1.54) is 6.42 Å². The number of rotatable bonds is 1. The third-order valence-corrected chi connectivity index (χ3v) is 3.17. The summed E-state index contributed by atoms with van der Waals surface area (Å²) in [7, 11) is 0. The van der Waals surface area contributed by atoms with Crippen molar-refractivity contribution in [2.75, 3.05) is 19.7 Å². The number of likely N-dealkylation sites (tertiary alicyclic amines) is 1. The van der Waals surface area contributed by atoms with E-state index in [1.807, 2.05) is 4.90 Å². The number of carbonyl (C=O) groups excluding carboxylic acids is 1. The van der Waals surface area contributed by atoms with Crippen LogP contribution in [0.2, 0.25) is 0 Å². The van der Waals surface area contributed by atoms with Crippen molar-refractivity contribution in [1.82, 2.24) is 4.90 Å². The molecule has 0 N–H and O–H groups in total. The Morgan fingerprint density at radius 3 is 2.86 bits per heavy atom. The lowest BCUT2D eigenvalue weighted by molar-refractivity contribution is -0.142. The first-order chi connectivity index (χ1) is 6.77. The zero-order chi connectivity index (χ0) is 9.97. The van der Waals surface area contributed by atoms with E-state index in [0.29, 0.717) is 5.92 Å². The summed E-state index contributed by atoms with van der Waals surface area (Å²) in [5.41, 5.74) is 0. The summed E-state index contributed by atoms with van der Waals surface area (Å²) in [4.78, 5) is 13.9. The number of hydrogen-bond donors (Lipinski definition) is 0. The van der Waals surface area contributed by atoms with E-state index in [4.69, 9.17) is 4.74 Å². The zero-order valence-corrected chi connectivity index (χ0v) is 8.87. The van der Waals surface area contributed by atoms with E-state index < -0.39 is 0 Å². The van der Waals surface area contributed by atoms with Crippen LogP contribution in [-0.4, -0.2) is 36.6 Å². The molecule has 0 spiro atoms. The van der Waals surface area contributed by atoms with E-state index >= 15 is 0 Å². The lowest BCUT2D eigenvalue weighted by atomic mass is 9.99. The van der Waals surface area contributed by atoms with Gasteiger partial charge in [-0.1, -0.05) is 6.92 Å². The van der Waals surface area contributed by atoms with Crippen molar-refractivity contribution in [3.63, 3.8) is 0 Å². The van der Waals surface area contributed by atoms with Crippen LogP contribution in [0.15, 0.2) is 0 Å². The Balaban J connectivity index is 1.89. The number of ether oxygens (including phenoxy) is 1. The summed E-state index contributed by atoms with van der Waals surface area (Å²) >= 11 is 0. The molecule has 80 valence electrons. The molecule has 0 aromatic heterocycles. The van der Waals surface area contributed by atoms with Crippen molar-refractivity contribution in [3.05, 3.63) is 0 Å². The van der Waals surface area contributed by atoms with Gasteiger partial charge in [0, 0.05) is 19.7 Å². The number of nitrogens with zero attached hydrogens (tertiary/aromatic N) is 1. The van der Waals surface area contributed by atoms with Gasteiger partial charge in [-0.25, -0.2) is 0 Å². The normalized spacial score (nSPS) is 33.4. The van der Waals surface area contributed by atoms with Crippen molar-refractivity contribution >= 4 is 5.91 Å². The molecule has 2 heterocycles. The first-order valence-electron chi connectivity index (χ1n) is 5.68. The third-order valence-electron chi connectivity index (χ3n) is 3.17. The molecular formula is C11H19NO2. The average molecular weight is 197 g/mol. The molecule has 0 saturated carbocycles. The Labute approximate surface area is 85.4 Å². The van der Waals surface area contributed by atoms with Crippen LogP contribution in [0.1, 0.15) is 32.6 Å². The van der Waals surface area contributed by atoms with Gasteiger partial charge in [-0.15, -0.1) is 0 Å². The Kier molecular flexibility index (Phi) is 3.06. The molecule has 0 radical (unpaired) electrons. The van der Waals surface area contributed by atoms with Gasteiger partial charge in [-0.2, -0.15) is 0 Å². The third kappa shape index (κ3) is 2.08. The van der Waals surface area contributed by atoms with E-state index in [2.05, 4.69) is 6.92 Å². The fraction of sp³-hybridized carbons (Fsp3) is 0.909. The van der Waals surface area contributed by atoms with Crippen molar-refractivity contribution in [3.8, 4) is 0 Å². The second kappa shape index (κ2) is 4.30. The van der Waals surface area contributed by atoms with Crippen LogP contribution in [0.5, 0.6) is 0 Å². The Bertz CT molecular complexity index is 211. The molecule has 3 nitrogen and oxygen atoms in total. The molecule has 2 atom stereocenters. The van der Waals surface area contributed by atoms with Gasteiger partial charge >= 0.3 is 0 Å². The largest absolute Gasteiger partial charge is 0.368 e. The molecule has 0 bridgehead atoms. The molecule has 0 aromatic rings. The molecule has 2 rings (SSSR count). The summed E-state index contributed by atoms with van der Waals surface area (Å²) in [5, 5.41) is 0. The van der Waals surface area contributed by atoms with Crippen molar-refractivity contribution in [2.45, 2.75) is 38.7 Å². The molecule has 2 aliphatic heterocycles. The minimum atomic E-state index is -0.125.